The van der Waals surface area contributed by atoms with Crippen molar-refractivity contribution >= 4 is 30.1 Å². The Kier molecular flexibility index (Phi) is 6.82. The minimum absolute atomic E-state index is 0.00520. The van der Waals surface area contributed by atoms with E-state index in [2.05, 4.69) is 5.32 Å². The molecule has 5 nitrogen and oxygen atoms in total. The van der Waals surface area contributed by atoms with Crippen LogP contribution in [0.1, 0.15) is 41.6 Å². The normalized spacial score (nSPS) is 20.7. The molecule has 7 heteroatoms. The van der Waals surface area contributed by atoms with E-state index in [9.17, 15) is 19.6 Å². The predicted molar refractivity (Wildman–Crippen MR) is 106 cm³/mol. The minimum Gasteiger partial charge on any atom is -0.426 e. The number of amides is 1. The number of benzene rings is 1. The largest absolute Gasteiger partial charge is 0.475 e. The minimum atomic E-state index is -1.65. The van der Waals surface area contributed by atoms with Crippen LogP contribution in [-0.4, -0.2) is 34.8 Å². The quantitative estimate of drug-likeness (QED) is 0.505. The van der Waals surface area contributed by atoms with Crippen LogP contribution < -0.4 is 5.32 Å². The van der Waals surface area contributed by atoms with Gasteiger partial charge in [0.15, 0.2) is 5.78 Å². The SMILES string of the molecule is O=C(c1ccccc1)C1CCCC[C@H]1C(=O)NC(Cc1ccsc1)B(O)O. The van der Waals surface area contributed by atoms with Crippen molar-refractivity contribution in [2.75, 3.05) is 0 Å². The first kappa shape index (κ1) is 19.8. The van der Waals surface area contributed by atoms with Gasteiger partial charge in [-0.1, -0.05) is 43.2 Å². The maximum absolute atomic E-state index is 12.9. The van der Waals surface area contributed by atoms with Gasteiger partial charge >= 0.3 is 7.12 Å². The molecule has 1 heterocycles. The number of hydrogen-bond donors (Lipinski definition) is 3. The number of hydrogen-bond acceptors (Lipinski definition) is 5. The number of Topliss-reactive ketones (excluding diaryl/α,β-unsaturated/α-hetero) is 1. The van der Waals surface area contributed by atoms with Crippen molar-refractivity contribution < 1.29 is 19.6 Å². The summed E-state index contributed by atoms with van der Waals surface area (Å²) in [6.45, 7) is 0. The lowest BCUT2D eigenvalue weighted by molar-refractivity contribution is -0.127. The maximum atomic E-state index is 12.9. The summed E-state index contributed by atoms with van der Waals surface area (Å²) in [6.07, 6.45) is 3.49. The molecule has 27 heavy (non-hydrogen) atoms. The van der Waals surface area contributed by atoms with Gasteiger partial charge in [0, 0.05) is 17.4 Å². The number of ketones is 1. The van der Waals surface area contributed by atoms with E-state index < -0.39 is 19.0 Å². The maximum Gasteiger partial charge on any atom is 0.475 e. The second kappa shape index (κ2) is 9.31. The molecule has 2 aromatic rings. The fraction of sp³-hybridized carbons (Fsp3) is 0.400. The average molecular weight is 385 g/mol. The van der Waals surface area contributed by atoms with Gasteiger partial charge in [0.2, 0.25) is 5.91 Å². The predicted octanol–water partition coefficient (Wildman–Crippen LogP) is 2.48. The lowest BCUT2D eigenvalue weighted by Crippen LogP contribution is -2.51. The van der Waals surface area contributed by atoms with Crippen LogP contribution in [0.5, 0.6) is 0 Å². The number of carbonyl (C=O) groups is 2. The molecule has 1 fully saturated rings. The first-order chi connectivity index (χ1) is 13.1. The first-order valence-electron chi connectivity index (χ1n) is 9.33. The van der Waals surface area contributed by atoms with Gasteiger partial charge in [-0.05, 0) is 41.7 Å². The zero-order valence-corrected chi connectivity index (χ0v) is 15.9. The van der Waals surface area contributed by atoms with Gasteiger partial charge in [-0.15, -0.1) is 0 Å². The van der Waals surface area contributed by atoms with Crippen LogP contribution >= 0.6 is 11.3 Å². The topological polar surface area (TPSA) is 86.6 Å². The van der Waals surface area contributed by atoms with E-state index in [-0.39, 0.29) is 17.6 Å². The highest BCUT2D eigenvalue weighted by molar-refractivity contribution is 7.07. The molecule has 3 rings (SSSR count). The van der Waals surface area contributed by atoms with Gasteiger partial charge < -0.3 is 15.4 Å². The second-order valence-corrected chi connectivity index (χ2v) is 7.87. The van der Waals surface area contributed by atoms with E-state index in [0.29, 0.717) is 24.8 Å². The van der Waals surface area contributed by atoms with Gasteiger partial charge in [0.25, 0.3) is 0 Å². The summed E-state index contributed by atoms with van der Waals surface area (Å²) in [5.74, 6) is -1.86. The van der Waals surface area contributed by atoms with E-state index in [4.69, 9.17) is 0 Å². The van der Waals surface area contributed by atoms with Crippen molar-refractivity contribution in [3.63, 3.8) is 0 Å². The molecule has 142 valence electrons. The molecule has 1 aliphatic carbocycles. The van der Waals surface area contributed by atoms with Gasteiger partial charge in [-0.3, -0.25) is 9.59 Å². The number of nitrogens with one attached hydrogen (secondary N) is 1. The molecular weight excluding hydrogens is 361 g/mol. The Labute approximate surface area is 163 Å². The summed E-state index contributed by atoms with van der Waals surface area (Å²) in [7, 11) is -1.65. The van der Waals surface area contributed by atoms with Crippen LogP contribution in [-0.2, 0) is 11.2 Å². The molecule has 3 N–H and O–H groups in total. The highest BCUT2D eigenvalue weighted by atomic mass is 32.1. The van der Waals surface area contributed by atoms with E-state index in [0.717, 1.165) is 18.4 Å². The van der Waals surface area contributed by atoms with E-state index in [1.807, 2.05) is 35.0 Å². The molecule has 1 saturated carbocycles. The first-order valence-corrected chi connectivity index (χ1v) is 10.3. The van der Waals surface area contributed by atoms with E-state index >= 15 is 0 Å². The third kappa shape index (κ3) is 5.06. The van der Waals surface area contributed by atoms with Crippen molar-refractivity contribution in [1.29, 1.82) is 0 Å². The van der Waals surface area contributed by atoms with Gasteiger partial charge in [-0.25, -0.2) is 0 Å². The molecule has 1 aliphatic rings. The van der Waals surface area contributed by atoms with Crippen LogP contribution in [0.15, 0.2) is 47.2 Å². The van der Waals surface area contributed by atoms with Crippen LogP contribution in [0.3, 0.4) is 0 Å². The zero-order chi connectivity index (χ0) is 19.2. The molecule has 1 aromatic heterocycles. The van der Waals surface area contributed by atoms with Crippen molar-refractivity contribution in [2.24, 2.45) is 11.8 Å². The van der Waals surface area contributed by atoms with Crippen molar-refractivity contribution in [2.45, 2.75) is 38.0 Å². The molecule has 2 unspecified atom stereocenters. The lowest BCUT2D eigenvalue weighted by Gasteiger charge is -2.31. The third-order valence-corrected chi connectivity index (χ3v) is 5.95. The number of thiophene rings is 1. The van der Waals surface area contributed by atoms with Gasteiger partial charge in [-0.2, -0.15) is 11.3 Å². The Balaban J connectivity index is 1.71. The molecule has 1 amide bonds. The molecule has 3 atom stereocenters. The van der Waals surface area contributed by atoms with E-state index in [1.54, 1.807) is 12.1 Å². The molecule has 1 aromatic carbocycles. The molecule has 0 saturated heterocycles. The molecule has 0 spiro atoms. The Morgan fingerprint density at radius 3 is 2.44 bits per heavy atom. The Morgan fingerprint density at radius 1 is 1.11 bits per heavy atom. The highest BCUT2D eigenvalue weighted by Gasteiger charge is 2.38. The van der Waals surface area contributed by atoms with Crippen molar-refractivity contribution in [1.82, 2.24) is 5.32 Å². The molecule has 0 bridgehead atoms. The van der Waals surface area contributed by atoms with Gasteiger partial charge in [0.05, 0.1) is 5.94 Å². The van der Waals surface area contributed by atoms with Gasteiger partial charge in [0.1, 0.15) is 0 Å². The second-order valence-electron chi connectivity index (χ2n) is 7.09. The summed E-state index contributed by atoms with van der Waals surface area (Å²) in [4.78, 5) is 25.8. The van der Waals surface area contributed by atoms with E-state index in [1.165, 1.54) is 11.3 Å². The summed E-state index contributed by atoms with van der Waals surface area (Å²) in [6, 6.07) is 11.0. The summed E-state index contributed by atoms with van der Waals surface area (Å²) < 4.78 is 0. The standard InChI is InChI=1S/C20H24BNO4S/c23-19(15-6-2-1-3-7-15)16-8-4-5-9-17(16)20(24)22-18(21(25)26)12-14-10-11-27-13-14/h1-3,6-7,10-11,13,16-18,25-26H,4-5,8-9,12H2,(H,22,24)/t16?,17-,18?/m1/s1. The Bertz CT molecular complexity index is 751. The fourth-order valence-electron chi connectivity index (χ4n) is 3.76. The zero-order valence-electron chi connectivity index (χ0n) is 15.1. The van der Waals surface area contributed by atoms with Crippen LogP contribution in [0.2, 0.25) is 0 Å². The average Bonchev–Trinajstić information content (AvgIpc) is 3.20. The van der Waals surface area contributed by atoms with Crippen molar-refractivity contribution in [3.8, 4) is 0 Å². The molecular formula is C20H24BNO4S. The lowest BCUT2D eigenvalue weighted by atomic mass is 9.73. The van der Waals surface area contributed by atoms with Crippen LogP contribution in [0.4, 0.5) is 0 Å². The van der Waals surface area contributed by atoms with Crippen LogP contribution in [0.25, 0.3) is 0 Å². The summed E-state index contributed by atoms with van der Waals surface area (Å²) >= 11 is 1.52. The number of carbonyl (C=O) groups excluding carboxylic acids is 2. The highest BCUT2D eigenvalue weighted by Crippen LogP contribution is 2.33. The summed E-state index contributed by atoms with van der Waals surface area (Å²) in [5.41, 5.74) is 1.57. The third-order valence-electron chi connectivity index (χ3n) is 5.22. The molecule has 0 aliphatic heterocycles. The Morgan fingerprint density at radius 2 is 1.81 bits per heavy atom. The van der Waals surface area contributed by atoms with Crippen molar-refractivity contribution in [3.05, 3.63) is 58.3 Å². The monoisotopic (exact) mass is 385 g/mol. The van der Waals surface area contributed by atoms with Crippen LogP contribution in [0, 0.1) is 11.8 Å². The number of rotatable bonds is 7. The smallest absolute Gasteiger partial charge is 0.426 e. The summed E-state index contributed by atoms with van der Waals surface area (Å²) in [5, 5.41) is 26.0. The molecule has 0 radical (unpaired) electrons. The Hall–Kier alpha value is -1.96. The fourth-order valence-corrected chi connectivity index (χ4v) is 4.44.